The van der Waals surface area contributed by atoms with Gasteiger partial charge in [0.25, 0.3) is 0 Å². The molecule has 0 spiro atoms. The van der Waals surface area contributed by atoms with E-state index in [0.29, 0.717) is 31.3 Å². The van der Waals surface area contributed by atoms with Gasteiger partial charge in [-0.2, -0.15) is 0 Å². The van der Waals surface area contributed by atoms with E-state index in [1.165, 1.54) is 19.7 Å². The molecule has 37 heavy (non-hydrogen) atoms. The number of piperidine rings is 1. The zero-order valence-corrected chi connectivity index (χ0v) is 23.1. The van der Waals surface area contributed by atoms with Crippen molar-refractivity contribution in [3.05, 3.63) is 29.7 Å². The van der Waals surface area contributed by atoms with Crippen LogP contribution in [0.25, 0.3) is 0 Å². The van der Waals surface area contributed by atoms with Gasteiger partial charge >= 0.3 is 5.97 Å². The van der Waals surface area contributed by atoms with Crippen LogP contribution in [0.1, 0.15) is 71.8 Å². The number of phenols is 1. The van der Waals surface area contributed by atoms with Gasteiger partial charge in [-0.3, -0.25) is 4.79 Å². The lowest BCUT2D eigenvalue weighted by Gasteiger charge is -2.39. The van der Waals surface area contributed by atoms with Gasteiger partial charge in [0.1, 0.15) is 18.5 Å². The minimum absolute atomic E-state index is 0.0297. The number of rotatable bonds is 11. The zero-order valence-electron chi connectivity index (χ0n) is 23.1. The maximum atomic E-state index is 14.3. The number of ether oxygens (including phenoxy) is 4. The Morgan fingerprint density at radius 2 is 2.00 bits per heavy atom. The molecule has 0 aromatic heterocycles. The SMILES string of the molecule is CCOc1cc(CCC2CCC(N3CCC(C)(C(=O)OC)CC3)=COC2)cc(O)c1OCC(C)(F)CC. The van der Waals surface area contributed by atoms with E-state index < -0.39 is 11.1 Å². The fraction of sp³-hybridized carbons (Fsp3) is 0.690. The fourth-order valence-corrected chi connectivity index (χ4v) is 4.86. The molecular formula is C29H44FNO6. The molecule has 8 heteroatoms. The summed E-state index contributed by atoms with van der Waals surface area (Å²) in [5, 5.41) is 10.6. The highest BCUT2D eigenvalue weighted by Crippen LogP contribution is 2.40. The first kappa shape index (κ1) is 28.9. The second-order valence-electron chi connectivity index (χ2n) is 10.9. The minimum atomic E-state index is -1.48. The maximum Gasteiger partial charge on any atom is 0.311 e. The van der Waals surface area contributed by atoms with Crippen molar-refractivity contribution >= 4 is 5.97 Å². The Bertz CT molecular complexity index is 939. The number of nitrogens with zero attached hydrogens (tertiary/aromatic N) is 1. The molecule has 0 saturated carbocycles. The Morgan fingerprint density at radius 1 is 1.27 bits per heavy atom. The number of halogens is 1. The molecular weight excluding hydrogens is 477 g/mol. The minimum Gasteiger partial charge on any atom is -0.504 e. The van der Waals surface area contributed by atoms with Crippen LogP contribution in [0.15, 0.2) is 24.1 Å². The van der Waals surface area contributed by atoms with E-state index >= 15 is 0 Å². The molecule has 2 aliphatic heterocycles. The first-order valence-electron chi connectivity index (χ1n) is 13.5. The van der Waals surface area contributed by atoms with Gasteiger partial charge in [-0.15, -0.1) is 0 Å². The number of phenolic OH excluding ortho intramolecular Hbond substituents is 1. The van der Waals surface area contributed by atoms with Crippen LogP contribution in [-0.4, -0.2) is 61.7 Å². The summed E-state index contributed by atoms with van der Waals surface area (Å²) < 4.78 is 36.6. The van der Waals surface area contributed by atoms with E-state index in [1.807, 2.05) is 26.2 Å². The van der Waals surface area contributed by atoms with E-state index in [4.69, 9.17) is 18.9 Å². The van der Waals surface area contributed by atoms with Crippen molar-refractivity contribution in [3.63, 3.8) is 0 Å². The molecule has 2 unspecified atom stereocenters. The standard InChI is InChI=1S/C29H44FNO6/c1-6-29(4,30)20-37-26-24(32)16-22(17-25(26)36-7-2)9-8-21-10-11-23(19-35-18-21)31-14-12-28(3,13-15-31)27(33)34-5/h16-17,19,21,32H,6-15,18,20H2,1-5H3. The van der Waals surface area contributed by atoms with Crippen LogP contribution < -0.4 is 9.47 Å². The molecule has 0 amide bonds. The number of hydrogen-bond acceptors (Lipinski definition) is 7. The van der Waals surface area contributed by atoms with Gasteiger partial charge in [-0.25, -0.2) is 4.39 Å². The fourth-order valence-electron chi connectivity index (χ4n) is 4.86. The number of carbonyl (C=O) groups excluding carboxylic acids is 1. The van der Waals surface area contributed by atoms with Gasteiger partial charge < -0.3 is 29.0 Å². The summed E-state index contributed by atoms with van der Waals surface area (Å²) in [5.74, 6) is 0.856. The Hall–Kier alpha value is -2.64. The molecule has 1 aromatic carbocycles. The Balaban J connectivity index is 1.54. The van der Waals surface area contributed by atoms with E-state index in [0.717, 1.165) is 57.2 Å². The number of allylic oxidation sites excluding steroid dienone is 1. The third kappa shape index (κ3) is 7.68. The number of esters is 1. The van der Waals surface area contributed by atoms with Gasteiger partial charge in [-0.1, -0.05) is 6.92 Å². The van der Waals surface area contributed by atoms with Crippen LogP contribution in [0, 0.1) is 11.3 Å². The molecule has 2 atom stereocenters. The quantitative estimate of drug-likeness (QED) is 0.370. The molecule has 208 valence electrons. The van der Waals surface area contributed by atoms with Crippen LogP contribution in [-0.2, 0) is 20.7 Å². The van der Waals surface area contributed by atoms with Crippen molar-refractivity contribution in [1.82, 2.24) is 4.90 Å². The van der Waals surface area contributed by atoms with Crippen LogP contribution >= 0.6 is 0 Å². The summed E-state index contributed by atoms with van der Waals surface area (Å²) >= 11 is 0. The Morgan fingerprint density at radius 3 is 2.65 bits per heavy atom. The average molecular weight is 522 g/mol. The number of carbonyl (C=O) groups is 1. The van der Waals surface area contributed by atoms with Gasteiger partial charge in [-0.05, 0) is 89.3 Å². The monoisotopic (exact) mass is 521 g/mol. The van der Waals surface area contributed by atoms with Crippen LogP contribution in [0.4, 0.5) is 4.39 Å². The first-order chi connectivity index (χ1) is 17.6. The predicted octanol–water partition coefficient (Wildman–Crippen LogP) is 5.78. The lowest BCUT2D eigenvalue weighted by atomic mass is 9.80. The van der Waals surface area contributed by atoms with Crippen molar-refractivity contribution in [2.24, 2.45) is 11.3 Å². The number of methoxy groups -OCH3 is 1. The number of benzene rings is 1. The predicted molar refractivity (Wildman–Crippen MR) is 141 cm³/mol. The average Bonchev–Trinajstić information content (AvgIpc) is 3.13. The summed E-state index contributed by atoms with van der Waals surface area (Å²) in [6.07, 6.45) is 7.36. The summed E-state index contributed by atoms with van der Waals surface area (Å²) in [5.41, 5.74) is 0.256. The molecule has 2 aliphatic rings. The summed E-state index contributed by atoms with van der Waals surface area (Å²) in [6.45, 7) is 9.65. The number of aromatic hydroxyl groups is 1. The van der Waals surface area contributed by atoms with Gasteiger partial charge in [0, 0.05) is 18.8 Å². The Kier molecular flexibility index (Phi) is 9.96. The second kappa shape index (κ2) is 12.7. The van der Waals surface area contributed by atoms with Crippen molar-refractivity contribution in [2.75, 3.05) is 40.0 Å². The second-order valence-corrected chi connectivity index (χ2v) is 10.9. The lowest BCUT2D eigenvalue weighted by molar-refractivity contribution is -0.154. The van der Waals surface area contributed by atoms with Crippen molar-refractivity contribution in [1.29, 1.82) is 0 Å². The van der Waals surface area contributed by atoms with Gasteiger partial charge in [0.2, 0.25) is 5.75 Å². The Labute approximate surface area is 220 Å². The summed E-state index contributed by atoms with van der Waals surface area (Å²) in [4.78, 5) is 14.4. The molecule has 1 aromatic rings. The third-order valence-corrected chi connectivity index (χ3v) is 7.80. The highest BCUT2D eigenvalue weighted by atomic mass is 19.1. The number of alkyl halides is 1. The van der Waals surface area contributed by atoms with Crippen LogP contribution in [0.2, 0.25) is 0 Å². The van der Waals surface area contributed by atoms with Crippen molar-refractivity contribution in [2.45, 2.75) is 78.3 Å². The van der Waals surface area contributed by atoms with Gasteiger partial charge in [0.15, 0.2) is 11.5 Å². The van der Waals surface area contributed by atoms with Crippen molar-refractivity contribution < 1.29 is 33.2 Å². The van der Waals surface area contributed by atoms with Crippen molar-refractivity contribution in [3.8, 4) is 17.2 Å². The summed E-state index contributed by atoms with van der Waals surface area (Å²) in [6, 6.07) is 3.57. The smallest absolute Gasteiger partial charge is 0.311 e. The first-order valence-corrected chi connectivity index (χ1v) is 13.5. The topological polar surface area (TPSA) is 77.5 Å². The maximum absolute atomic E-state index is 14.3. The van der Waals surface area contributed by atoms with E-state index in [-0.39, 0.29) is 24.1 Å². The van der Waals surface area contributed by atoms with Crippen LogP contribution in [0.5, 0.6) is 17.2 Å². The molecule has 7 nitrogen and oxygen atoms in total. The molecule has 0 radical (unpaired) electrons. The molecule has 3 rings (SSSR count). The normalized spacial score (nSPS) is 21.2. The number of aryl methyl sites for hydroxylation is 1. The number of hydrogen-bond donors (Lipinski definition) is 1. The molecule has 1 saturated heterocycles. The summed E-state index contributed by atoms with van der Waals surface area (Å²) in [7, 11) is 1.46. The highest BCUT2D eigenvalue weighted by molar-refractivity contribution is 5.76. The molecule has 1 N–H and O–H groups in total. The molecule has 2 heterocycles. The number of likely N-dealkylation sites (tertiary alicyclic amines) is 1. The zero-order chi connectivity index (χ0) is 27.1. The molecule has 1 fully saturated rings. The van der Waals surface area contributed by atoms with Crippen LogP contribution in [0.3, 0.4) is 0 Å². The van der Waals surface area contributed by atoms with Gasteiger partial charge in [0.05, 0.1) is 25.7 Å². The van der Waals surface area contributed by atoms with E-state index in [9.17, 15) is 14.3 Å². The largest absolute Gasteiger partial charge is 0.504 e. The molecule has 0 aliphatic carbocycles. The third-order valence-electron chi connectivity index (χ3n) is 7.80. The lowest BCUT2D eigenvalue weighted by Crippen LogP contribution is -2.42. The van der Waals surface area contributed by atoms with E-state index in [1.54, 1.807) is 13.0 Å². The van der Waals surface area contributed by atoms with E-state index in [2.05, 4.69) is 4.90 Å². The highest BCUT2D eigenvalue weighted by Gasteiger charge is 2.38. The molecule has 0 bridgehead atoms.